The van der Waals surface area contributed by atoms with Gasteiger partial charge >= 0.3 is 10.2 Å². The van der Waals surface area contributed by atoms with E-state index in [-0.39, 0.29) is 5.92 Å². The summed E-state index contributed by atoms with van der Waals surface area (Å²) >= 11 is 0. The molecule has 5 heteroatoms. The monoisotopic (exact) mass is 237 g/mol. The molecule has 1 aliphatic rings. The predicted octanol–water partition coefficient (Wildman–Crippen LogP) is 1.80. The summed E-state index contributed by atoms with van der Waals surface area (Å²) in [7, 11) is -4.35. The summed E-state index contributed by atoms with van der Waals surface area (Å²) in [5.41, 5.74) is 0. The molecule has 1 aliphatic heterocycles. The molecule has 1 heterocycles. The Kier molecular flexibility index (Phi) is 4.52. The molecule has 15 heavy (non-hydrogen) atoms. The average Bonchev–Trinajstić information content (AvgIpc) is 2.17. The lowest BCUT2D eigenvalue weighted by Gasteiger charge is -2.33. The molecule has 1 fully saturated rings. The second kappa shape index (κ2) is 5.25. The van der Waals surface area contributed by atoms with Gasteiger partial charge in [0.2, 0.25) is 0 Å². The Labute approximate surface area is 91.9 Å². The molecule has 90 valence electrons. The van der Waals surface area contributed by atoms with E-state index in [1.165, 1.54) is 6.92 Å². The van der Waals surface area contributed by atoms with Crippen molar-refractivity contribution in [3.05, 3.63) is 0 Å². The van der Waals surface area contributed by atoms with Crippen molar-refractivity contribution in [3.63, 3.8) is 0 Å². The van der Waals surface area contributed by atoms with Gasteiger partial charge in [-0.25, -0.2) is 0 Å². The Morgan fingerprint density at radius 1 is 1.40 bits per heavy atom. The molecule has 0 spiro atoms. The van der Waals surface area contributed by atoms with Crippen LogP contribution in [-0.4, -0.2) is 38.2 Å². The zero-order valence-electron chi connectivity index (χ0n) is 9.45. The van der Waals surface area contributed by atoms with Gasteiger partial charge in [-0.1, -0.05) is 6.92 Å². The number of hydrogen-bond donors (Lipinski definition) is 0. The SMILES string of the molecule is CCCN1CCC(C(C)S(=O)(=O)F)CC1. The van der Waals surface area contributed by atoms with Crippen LogP contribution in [0.4, 0.5) is 3.89 Å². The van der Waals surface area contributed by atoms with Crippen molar-refractivity contribution in [1.29, 1.82) is 0 Å². The van der Waals surface area contributed by atoms with Crippen LogP contribution in [0.2, 0.25) is 0 Å². The molecule has 0 radical (unpaired) electrons. The molecule has 1 saturated heterocycles. The van der Waals surface area contributed by atoms with Crippen LogP contribution < -0.4 is 0 Å². The van der Waals surface area contributed by atoms with Gasteiger partial charge in [0.15, 0.2) is 0 Å². The highest BCUT2D eigenvalue weighted by Gasteiger charge is 2.31. The summed E-state index contributed by atoms with van der Waals surface area (Å²) in [6.45, 7) is 6.47. The van der Waals surface area contributed by atoms with Crippen molar-refractivity contribution in [2.75, 3.05) is 19.6 Å². The predicted molar refractivity (Wildman–Crippen MR) is 58.9 cm³/mol. The molecular formula is C10H20FNO2S. The highest BCUT2D eigenvalue weighted by Crippen LogP contribution is 2.25. The first-order valence-electron chi connectivity index (χ1n) is 5.61. The Balaban J connectivity index is 2.44. The lowest BCUT2D eigenvalue weighted by Crippen LogP contribution is -2.38. The minimum absolute atomic E-state index is 0.00638. The largest absolute Gasteiger partial charge is 0.305 e. The minimum Gasteiger partial charge on any atom is -0.303 e. The summed E-state index contributed by atoms with van der Waals surface area (Å²) in [5.74, 6) is -0.00638. The molecule has 0 aromatic heterocycles. The maximum atomic E-state index is 12.8. The molecule has 0 aromatic carbocycles. The average molecular weight is 237 g/mol. The molecule has 3 nitrogen and oxygen atoms in total. The fourth-order valence-corrected chi connectivity index (χ4v) is 2.92. The van der Waals surface area contributed by atoms with Crippen LogP contribution in [0.1, 0.15) is 33.1 Å². The smallest absolute Gasteiger partial charge is 0.303 e. The van der Waals surface area contributed by atoms with Crippen LogP contribution >= 0.6 is 0 Å². The molecule has 0 N–H and O–H groups in total. The van der Waals surface area contributed by atoms with Crippen molar-refractivity contribution in [1.82, 2.24) is 4.90 Å². The highest BCUT2D eigenvalue weighted by atomic mass is 32.3. The molecule has 0 aromatic rings. The Hall–Kier alpha value is -0.160. The van der Waals surface area contributed by atoms with Crippen LogP contribution in [0.25, 0.3) is 0 Å². The molecular weight excluding hydrogens is 217 g/mol. The Morgan fingerprint density at radius 3 is 2.33 bits per heavy atom. The van der Waals surface area contributed by atoms with E-state index in [4.69, 9.17) is 0 Å². The van der Waals surface area contributed by atoms with Gasteiger partial charge in [-0.15, -0.1) is 3.89 Å². The maximum Gasteiger partial charge on any atom is 0.305 e. The summed E-state index contributed by atoms with van der Waals surface area (Å²) < 4.78 is 34.3. The molecule has 1 atom stereocenters. The quantitative estimate of drug-likeness (QED) is 0.700. The van der Waals surface area contributed by atoms with Gasteiger partial charge in [0.1, 0.15) is 0 Å². The Bertz CT molecular complexity index is 284. The van der Waals surface area contributed by atoms with Crippen LogP contribution in [0.15, 0.2) is 0 Å². The van der Waals surface area contributed by atoms with E-state index in [9.17, 15) is 12.3 Å². The van der Waals surface area contributed by atoms with Gasteiger partial charge in [0.25, 0.3) is 0 Å². The van der Waals surface area contributed by atoms with E-state index in [0.29, 0.717) is 0 Å². The second-order valence-electron chi connectivity index (χ2n) is 4.36. The van der Waals surface area contributed by atoms with Crippen molar-refractivity contribution in [2.24, 2.45) is 5.92 Å². The van der Waals surface area contributed by atoms with Gasteiger partial charge < -0.3 is 4.90 Å². The van der Waals surface area contributed by atoms with Gasteiger partial charge in [-0.3, -0.25) is 0 Å². The van der Waals surface area contributed by atoms with E-state index in [1.807, 2.05) is 0 Å². The van der Waals surface area contributed by atoms with Crippen LogP contribution in [0.5, 0.6) is 0 Å². The van der Waals surface area contributed by atoms with Gasteiger partial charge in [-0.2, -0.15) is 8.42 Å². The minimum atomic E-state index is -4.35. The lowest BCUT2D eigenvalue weighted by molar-refractivity contribution is 0.182. The number of halogens is 1. The number of piperidine rings is 1. The topological polar surface area (TPSA) is 37.4 Å². The van der Waals surface area contributed by atoms with Gasteiger partial charge in [-0.05, 0) is 51.7 Å². The third kappa shape index (κ3) is 3.72. The number of hydrogen-bond acceptors (Lipinski definition) is 3. The summed E-state index contributed by atoms with van der Waals surface area (Å²) in [4.78, 5) is 2.31. The lowest BCUT2D eigenvalue weighted by atomic mass is 9.94. The van der Waals surface area contributed by atoms with E-state index in [1.54, 1.807) is 0 Å². The number of likely N-dealkylation sites (tertiary alicyclic amines) is 1. The molecule has 0 bridgehead atoms. The molecule has 1 unspecified atom stereocenters. The van der Waals surface area contributed by atoms with Gasteiger partial charge in [0, 0.05) is 0 Å². The summed E-state index contributed by atoms with van der Waals surface area (Å²) in [6, 6.07) is 0. The van der Waals surface area contributed by atoms with Crippen LogP contribution in [-0.2, 0) is 10.2 Å². The fraction of sp³-hybridized carbons (Fsp3) is 1.00. The van der Waals surface area contributed by atoms with E-state index < -0.39 is 15.5 Å². The normalized spacial score (nSPS) is 22.9. The zero-order valence-corrected chi connectivity index (χ0v) is 10.3. The molecule has 0 saturated carbocycles. The molecule has 1 rings (SSSR count). The summed E-state index contributed by atoms with van der Waals surface area (Å²) in [6.07, 6.45) is 2.70. The van der Waals surface area contributed by atoms with E-state index in [2.05, 4.69) is 11.8 Å². The van der Waals surface area contributed by atoms with E-state index in [0.717, 1.165) is 38.9 Å². The summed E-state index contributed by atoms with van der Waals surface area (Å²) in [5, 5.41) is -0.832. The first-order valence-corrected chi connectivity index (χ1v) is 7.05. The zero-order chi connectivity index (χ0) is 11.5. The number of nitrogens with zero attached hydrogens (tertiary/aromatic N) is 1. The van der Waals surface area contributed by atoms with Crippen molar-refractivity contribution in [2.45, 2.75) is 38.4 Å². The standard InChI is InChI=1S/C10H20FNO2S/c1-3-6-12-7-4-10(5-8-12)9(2)15(11,13)14/h9-10H,3-8H2,1-2H3. The van der Waals surface area contributed by atoms with Crippen LogP contribution in [0, 0.1) is 5.92 Å². The first kappa shape index (κ1) is 12.9. The fourth-order valence-electron chi connectivity index (χ4n) is 2.19. The molecule has 0 amide bonds. The highest BCUT2D eigenvalue weighted by molar-refractivity contribution is 7.87. The van der Waals surface area contributed by atoms with Crippen LogP contribution in [0.3, 0.4) is 0 Å². The van der Waals surface area contributed by atoms with Crippen molar-refractivity contribution in [3.8, 4) is 0 Å². The Morgan fingerprint density at radius 2 is 1.93 bits per heavy atom. The molecule has 0 aliphatic carbocycles. The number of rotatable bonds is 4. The maximum absolute atomic E-state index is 12.8. The van der Waals surface area contributed by atoms with Gasteiger partial charge in [0.05, 0.1) is 5.25 Å². The third-order valence-corrected chi connectivity index (χ3v) is 4.55. The first-order chi connectivity index (χ1) is 6.95. The van der Waals surface area contributed by atoms with E-state index >= 15 is 0 Å². The third-order valence-electron chi connectivity index (χ3n) is 3.28. The van der Waals surface area contributed by atoms with Crippen molar-refractivity contribution >= 4 is 10.2 Å². The van der Waals surface area contributed by atoms with Crippen molar-refractivity contribution < 1.29 is 12.3 Å². The second-order valence-corrected chi connectivity index (χ2v) is 6.05.